The molecule has 0 saturated heterocycles. The van der Waals surface area contributed by atoms with Crippen LogP contribution in [0.3, 0.4) is 0 Å². The summed E-state index contributed by atoms with van der Waals surface area (Å²) < 4.78 is 0. The molecule has 116 valence electrons. The summed E-state index contributed by atoms with van der Waals surface area (Å²) in [6, 6.07) is 7.96. The molecule has 0 radical (unpaired) electrons. The van der Waals surface area contributed by atoms with Crippen LogP contribution in [0.5, 0.6) is 0 Å². The first-order valence-corrected chi connectivity index (χ1v) is 7.88. The Hall–Kier alpha value is -1.58. The van der Waals surface area contributed by atoms with Gasteiger partial charge in [0.05, 0.1) is 10.6 Å². The minimum absolute atomic E-state index is 0.188. The number of carbonyl (C=O) groups is 1. The second-order valence-electron chi connectivity index (χ2n) is 5.29. The van der Waals surface area contributed by atoms with E-state index in [1.165, 1.54) is 29.0 Å². The van der Waals surface area contributed by atoms with Crippen LogP contribution in [0, 0.1) is 13.8 Å². The van der Waals surface area contributed by atoms with Crippen molar-refractivity contribution in [3.8, 4) is 0 Å². The highest BCUT2D eigenvalue weighted by molar-refractivity contribution is 6.41. The molecular weight excluding hydrogens is 319 g/mol. The highest BCUT2D eigenvalue weighted by Gasteiger charge is 2.08. The van der Waals surface area contributed by atoms with Crippen molar-refractivity contribution in [3.05, 3.63) is 62.9 Å². The maximum atomic E-state index is 12.0. The number of nitrogens with one attached hydrogen (secondary N) is 1. The minimum Gasteiger partial charge on any atom is -0.352 e. The van der Waals surface area contributed by atoms with Crippen molar-refractivity contribution in [2.24, 2.45) is 0 Å². The lowest BCUT2D eigenvalue weighted by Crippen LogP contribution is -2.25. The van der Waals surface area contributed by atoms with Crippen molar-refractivity contribution < 1.29 is 4.79 Å². The molecule has 0 aliphatic heterocycles. The Morgan fingerprint density at radius 2 is 2.00 bits per heavy atom. The van der Waals surface area contributed by atoms with Crippen LogP contribution < -0.4 is 5.32 Å². The van der Waals surface area contributed by atoms with E-state index in [2.05, 4.69) is 42.3 Å². The number of amides is 1. The monoisotopic (exact) mass is 336 g/mol. The number of carbonyl (C=O) groups excluding carboxylic acids is 1. The van der Waals surface area contributed by atoms with E-state index in [1.807, 2.05) is 0 Å². The van der Waals surface area contributed by atoms with Crippen LogP contribution >= 0.6 is 23.2 Å². The van der Waals surface area contributed by atoms with E-state index in [0.29, 0.717) is 12.1 Å². The third-order valence-corrected chi connectivity index (χ3v) is 4.15. The molecule has 1 aromatic heterocycles. The Morgan fingerprint density at radius 3 is 2.68 bits per heavy atom. The predicted octanol–water partition coefficient (Wildman–Crippen LogP) is 4.37. The molecule has 1 aromatic carbocycles. The zero-order chi connectivity index (χ0) is 16.1. The van der Waals surface area contributed by atoms with E-state index in [1.54, 1.807) is 0 Å². The molecule has 0 fully saturated rings. The topological polar surface area (TPSA) is 42.0 Å². The Kier molecular flexibility index (Phi) is 5.81. The highest BCUT2D eigenvalue weighted by atomic mass is 35.5. The van der Waals surface area contributed by atoms with E-state index in [-0.39, 0.29) is 16.1 Å². The number of rotatable bonds is 5. The van der Waals surface area contributed by atoms with Gasteiger partial charge in [0.15, 0.2) is 0 Å². The van der Waals surface area contributed by atoms with Gasteiger partial charge < -0.3 is 5.32 Å². The molecule has 1 N–H and O–H groups in total. The number of aromatic nitrogens is 1. The highest BCUT2D eigenvalue weighted by Crippen LogP contribution is 2.19. The standard InChI is InChI=1S/C17H18Cl2N2O/c1-11-5-6-13(12(2)8-11)4-3-7-20-17(22)14-9-15(18)16(19)21-10-14/h5-6,8-10H,3-4,7H2,1-2H3,(H,20,22). The maximum Gasteiger partial charge on any atom is 0.252 e. The fourth-order valence-electron chi connectivity index (χ4n) is 2.25. The molecule has 0 saturated carbocycles. The van der Waals surface area contributed by atoms with Crippen molar-refractivity contribution in [3.63, 3.8) is 0 Å². The Bertz CT molecular complexity index is 686. The lowest BCUT2D eigenvalue weighted by atomic mass is 10.0. The van der Waals surface area contributed by atoms with Crippen LogP contribution in [-0.4, -0.2) is 17.4 Å². The van der Waals surface area contributed by atoms with Crippen LogP contribution in [-0.2, 0) is 6.42 Å². The quantitative estimate of drug-likeness (QED) is 0.650. The molecule has 1 heterocycles. The first-order chi connectivity index (χ1) is 10.5. The number of benzene rings is 1. The third-order valence-electron chi connectivity index (χ3n) is 3.47. The average molecular weight is 337 g/mol. The van der Waals surface area contributed by atoms with E-state index >= 15 is 0 Å². The number of halogens is 2. The number of pyridine rings is 1. The fourth-order valence-corrected chi connectivity index (χ4v) is 2.52. The van der Waals surface area contributed by atoms with E-state index in [4.69, 9.17) is 23.2 Å². The smallest absolute Gasteiger partial charge is 0.252 e. The molecule has 0 aliphatic rings. The molecule has 3 nitrogen and oxygen atoms in total. The first kappa shape index (κ1) is 16.8. The van der Waals surface area contributed by atoms with Crippen molar-refractivity contribution in [2.75, 3.05) is 6.54 Å². The Labute approximate surface area is 140 Å². The zero-order valence-corrected chi connectivity index (χ0v) is 14.1. The first-order valence-electron chi connectivity index (χ1n) is 7.13. The van der Waals surface area contributed by atoms with Gasteiger partial charge in [-0.25, -0.2) is 4.98 Å². The van der Waals surface area contributed by atoms with Crippen LogP contribution in [0.1, 0.15) is 33.5 Å². The molecule has 0 bridgehead atoms. The van der Waals surface area contributed by atoms with E-state index in [0.717, 1.165) is 12.8 Å². The lowest BCUT2D eigenvalue weighted by molar-refractivity contribution is 0.0953. The molecule has 5 heteroatoms. The Morgan fingerprint density at radius 1 is 1.23 bits per heavy atom. The molecule has 0 unspecified atom stereocenters. The summed E-state index contributed by atoms with van der Waals surface area (Å²) in [5.41, 5.74) is 4.29. The van der Waals surface area contributed by atoms with Crippen molar-refractivity contribution in [1.82, 2.24) is 10.3 Å². The van der Waals surface area contributed by atoms with Crippen LogP contribution in [0.4, 0.5) is 0 Å². The van der Waals surface area contributed by atoms with Crippen LogP contribution in [0.2, 0.25) is 10.2 Å². The van der Waals surface area contributed by atoms with Crippen LogP contribution in [0.15, 0.2) is 30.5 Å². The van der Waals surface area contributed by atoms with Crippen molar-refractivity contribution in [1.29, 1.82) is 0 Å². The van der Waals surface area contributed by atoms with Gasteiger partial charge in [-0.05, 0) is 43.9 Å². The van der Waals surface area contributed by atoms with Gasteiger partial charge in [-0.3, -0.25) is 4.79 Å². The summed E-state index contributed by atoms with van der Waals surface area (Å²) in [6.07, 6.45) is 3.24. The molecule has 0 atom stereocenters. The molecule has 2 aromatic rings. The van der Waals surface area contributed by atoms with Gasteiger partial charge in [0.2, 0.25) is 0 Å². The van der Waals surface area contributed by atoms with Crippen molar-refractivity contribution in [2.45, 2.75) is 26.7 Å². The molecule has 22 heavy (non-hydrogen) atoms. The second-order valence-corrected chi connectivity index (χ2v) is 6.05. The Balaban J connectivity index is 1.83. The SMILES string of the molecule is Cc1ccc(CCCNC(=O)c2cnc(Cl)c(Cl)c2)c(C)c1. The predicted molar refractivity (Wildman–Crippen MR) is 90.8 cm³/mol. The number of hydrogen-bond acceptors (Lipinski definition) is 2. The lowest BCUT2D eigenvalue weighted by Gasteiger charge is -2.08. The number of nitrogens with zero attached hydrogens (tertiary/aromatic N) is 1. The van der Waals surface area contributed by atoms with Gasteiger partial charge in [-0.2, -0.15) is 0 Å². The van der Waals surface area contributed by atoms with Gasteiger partial charge in [-0.1, -0.05) is 47.0 Å². The van der Waals surface area contributed by atoms with Crippen molar-refractivity contribution >= 4 is 29.1 Å². The molecule has 2 rings (SSSR count). The normalized spacial score (nSPS) is 10.5. The summed E-state index contributed by atoms with van der Waals surface area (Å²) in [7, 11) is 0. The molecule has 0 spiro atoms. The number of hydrogen-bond donors (Lipinski definition) is 1. The second kappa shape index (κ2) is 7.61. The molecular formula is C17H18Cl2N2O. The average Bonchev–Trinajstić information content (AvgIpc) is 2.48. The summed E-state index contributed by atoms with van der Waals surface area (Å²) in [6.45, 7) is 4.80. The van der Waals surface area contributed by atoms with E-state index in [9.17, 15) is 4.79 Å². The van der Waals surface area contributed by atoms with Gasteiger partial charge in [0.1, 0.15) is 5.15 Å². The molecule has 0 aliphatic carbocycles. The summed E-state index contributed by atoms with van der Waals surface area (Å²) in [4.78, 5) is 15.8. The fraction of sp³-hybridized carbons (Fsp3) is 0.294. The van der Waals surface area contributed by atoms with Gasteiger partial charge in [0, 0.05) is 12.7 Å². The largest absolute Gasteiger partial charge is 0.352 e. The zero-order valence-electron chi connectivity index (χ0n) is 12.6. The van der Waals surface area contributed by atoms with Gasteiger partial charge in [0.25, 0.3) is 5.91 Å². The minimum atomic E-state index is -0.188. The number of aryl methyl sites for hydroxylation is 3. The summed E-state index contributed by atoms with van der Waals surface area (Å²) >= 11 is 11.6. The summed E-state index contributed by atoms with van der Waals surface area (Å²) in [5.74, 6) is -0.188. The van der Waals surface area contributed by atoms with Gasteiger partial charge >= 0.3 is 0 Å². The van der Waals surface area contributed by atoms with E-state index < -0.39 is 0 Å². The van der Waals surface area contributed by atoms with Gasteiger partial charge in [-0.15, -0.1) is 0 Å². The molecule has 1 amide bonds. The summed E-state index contributed by atoms with van der Waals surface area (Å²) in [5, 5.41) is 3.35. The third kappa shape index (κ3) is 4.46. The maximum absolute atomic E-state index is 12.0. The van der Waals surface area contributed by atoms with Crippen LogP contribution in [0.25, 0.3) is 0 Å².